The first kappa shape index (κ1) is 23.4. The molecule has 2 aromatic rings. The number of aryl methyl sites for hydroxylation is 1. The number of alkyl halides is 3. The van der Waals surface area contributed by atoms with Gasteiger partial charge in [-0.3, -0.25) is 0 Å². The van der Waals surface area contributed by atoms with E-state index in [1.165, 1.54) is 12.1 Å². The van der Waals surface area contributed by atoms with Gasteiger partial charge in [-0.1, -0.05) is 13.3 Å². The van der Waals surface area contributed by atoms with Crippen LogP contribution in [0.15, 0.2) is 47.5 Å². The SMILES string of the molecule is CCCc1cc(OCC2OC(c3ccc(C(F)(F)F)cc3)=NC2C)ccc1OCC(=O)O. The lowest BCUT2D eigenvalue weighted by molar-refractivity contribution is -0.139. The van der Waals surface area contributed by atoms with Crippen molar-refractivity contribution in [2.75, 3.05) is 13.2 Å². The Morgan fingerprint density at radius 2 is 1.88 bits per heavy atom. The molecule has 0 aliphatic carbocycles. The van der Waals surface area contributed by atoms with Crippen LogP contribution in [0.3, 0.4) is 0 Å². The lowest BCUT2D eigenvalue weighted by Gasteiger charge is -2.17. The molecule has 1 N–H and O–H groups in total. The molecule has 6 nitrogen and oxygen atoms in total. The van der Waals surface area contributed by atoms with Gasteiger partial charge in [-0.05, 0) is 61.4 Å². The molecule has 1 aliphatic rings. The van der Waals surface area contributed by atoms with Crippen molar-refractivity contribution in [2.24, 2.45) is 4.99 Å². The number of hydrogen-bond acceptors (Lipinski definition) is 5. The predicted octanol–water partition coefficient (Wildman–Crippen LogP) is 4.73. The molecule has 1 aliphatic heterocycles. The molecular weight excluding hydrogens is 427 g/mol. The fraction of sp³-hybridized carbons (Fsp3) is 0.391. The van der Waals surface area contributed by atoms with E-state index >= 15 is 0 Å². The maximum absolute atomic E-state index is 12.8. The third kappa shape index (κ3) is 5.93. The van der Waals surface area contributed by atoms with Gasteiger partial charge >= 0.3 is 12.1 Å². The minimum atomic E-state index is -4.40. The fourth-order valence-corrected chi connectivity index (χ4v) is 3.23. The van der Waals surface area contributed by atoms with Gasteiger partial charge in [0.1, 0.15) is 18.1 Å². The first-order chi connectivity index (χ1) is 15.2. The average molecular weight is 451 g/mol. The van der Waals surface area contributed by atoms with Crippen LogP contribution in [0.25, 0.3) is 0 Å². The second-order valence-electron chi connectivity index (χ2n) is 7.42. The second-order valence-corrected chi connectivity index (χ2v) is 7.42. The van der Waals surface area contributed by atoms with Crippen LogP contribution < -0.4 is 9.47 Å². The lowest BCUT2D eigenvalue weighted by Crippen LogP contribution is -2.27. The molecule has 0 bridgehead atoms. The van der Waals surface area contributed by atoms with Gasteiger partial charge in [-0.2, -0.15) is 13.2 Å². The van der Waals surface area contributed by atoms with E-state index in [-0.39, 0.29) is 18.5 Å². The van der Waals surface area contributed by atoms with Crippen molar-refractivity contribution in [2.45, 2.75) is 45.0 Å². The third-order valence-electron chi connectivity index (χ3n) is 4.90. The summed E-state index contributed by atoms with van der Waals surface area (Å²) in [4.78, 5) is 15.2. The Bertz CT molecular complexity index is 973. The van der Waals surface area contributed by atoms with Crippen LogP contribution in [-0.2, 0) is 22.1 Å². The predicted molar refractivity (Wildman–Crippen MR) is 111 cm³/mol. The van der Waals surface area contributed by atoms with Crippen molar-refractivity contribution < 1.29 is 37.3 Å². The Balaban J connectivity index is 1.61. The van der Waals surface area contributed by atoms with E-state index in [1.54, 1.807) is 18.2 Å². The minimum absolute atomic E-state index is 0.190. The quantitative estimate of drug-likeness (QED) is 0.596. The molecule has 9 heteroatoms. The van der Waals surface area contributed by atoms with E-state index in [2.05, 4.69) is 4.99 Å². The third-order valence-corrected chi connectivity index (χ3v) is 4.90. The smallest absolute Gasteiger partial charge is 0.416 e. The van der Waals surface area contributed by atoms with Crippen molar-refractivity contribution >= 4 is 11.9 Å². The minimum Gasteiger partial charge on any atom is -0.490 e. The Kier molecular flexibility index (Phi) is 7.27. The van der Waals surface area contributed by atoms with Gasteiger partial charge in [0, 0.05) is 5.56 Å². The normalized spacial score (nSPS) is 18.1. The van der Waals surface area contributed by atoms with Crippen LogP contribution in [0, 0.1) is 0 Å². The second kappa shape index (κ2) is 9.93. The summed E-state index contributed by atoms with van der Waals surface area (Å²) in [7, 11) is 0. The van der Waals surface area contributed by atoms with E-state index < -0.39 is 30.4 Å². The molecule has 0 fully saturated rings. The highest BCUT2D eigenvalue weighted by molar-refractivity contribution is 5.95. The summed E-state index contributed by atoms with van der Waals surface area (Å²) in [6.07, 6.45) is -3.25. The van der Waals surface area contributed by atoms with Crippen LogP contribution in [0.5, 0.6) is 11.5 Å². The average Bonchev–Trinajstić information content (AvgIpc) is 3.11. The fourth-order valence-electron chi connectivity index (χ4n) is 3.23. The van der Waals surface area contributed by atoms with E-state index in [1.807, 2.05) is 13.8 Å². The van der Waals surface area contributed by atoms with Gasteiger partial charge in [-0.25, -0.2) is 9.79 Å². The number of aliphatic imine (C=N–C) groups is 1. The molecule has 3 rings (SSSR count). The molecule has 0 aromatic heterocycles. The van der Waals surface area contributed by atoms with Crippen LogP contribution >= 0.6 is 0 Å². The first-order valence-electron chi connectivity index (χ1n) is 10.2. The number of carboxylic acids is 1. The number of rotatable bonds is 9. The van der Waals surface area contributed by atoms with Crippen LogP contribution in [0.2, 0.25) is 0 Å². The number of nitrogens with zero attached hydrogens (tertiary/aromatic N) is 1. The van der Waals surface area contributed by atoms with E-state index in [9.17, 15) is 18.0 Å². The number of aliphatic carboxylic acids is 1. The molecule has 32 heavy (non-hydrogen) atoms. The van der Waals surface area contributed by atoms with E-state index in [0.717, 1.165) is 24.1 Å². The molecular formula is C23H24F3NO5. The van der Waals surface area contributed by atoms with Crippen molar-refractivity contribution in [1.29, 1.82) is 0 Å². The van der Waals surface area contributed by atoms with Gasteiger partial charge in [0.05, 0.1) is 11.6 Å². The van der Waals surface area contributed by atoms with Gasteiger partial charge in [0.2, 0.25) is 5.90 Å². The van der Waals surface area contributed by atoms with Crippen LogP contribution in [-0.4, -0.2) is 42.3 Å². The maximum atomic E-state index is 12.8. The number of carboxylic acid groups (broad SMARTS) is 1. The Labute approximate surface area is 183 Å². The number of ether oxygens (including phenoxy) is 3. The zero-order valence-electron chi connectivity index (χ0n) is 17.7. The van der Waals surface area contributed by atoms with Crippen molar-refractivity contribution in [1.82, 2.24) is 0 Å². The van der Waals surface area contributed by atoms with Crippen LogP contribution in [0.4, 0.5) is 13.2 Å². The zero-order valence-corrected chi connectivity index (χ0v) is 17.7. The first-order valence-corrected chi connectivity index (χ1v) is 10.2. The summed E-state index contributed by atoms with van der Waals surface area (Å²) in [5, 5.41) is 8.81. The van der Waals surface area contributed by atoms with Gasteiger partial charge in [0.25, 0.3) is 0 Å². The molecule has 2 atom stereocenters. The molecule has 1 heterocycles. The summed E-state index contributed by atoms with van der Waals surface area (Å²) in [6.45, 7) is 3.61. The molecule has 0 saturated carbocycles. The molecule has 2 unspecified atom stereocenters. The van der Waals surface area contributed by atoms with Gasteiger partial charge < -0.3 is 19.3 Å². The summed E-state index contributed by atoms with van der Waals surface area (Å²) >= 11 is 0. The molecule has 172 valence electrons. The van der Waals surface area contributed by atoms with Gasteiger partial charge in [0.15, 0.2) is 12.7 Å². The summed E-state index contributed by atoms with van der Waals surface area (Å²) < 4.78 is 55.3. The Morgan fingerprint density at radius 3 is 2.50 bits per heavy atom. The number of carbonyl (C=O) groups is 1. The molecule has 0 saturated heterocycles. The lowest BCUT2D eigenvalue weighted by atomic mass is 10.1. The summed E-state index contributed by atoms with van der Waals surface area (Å²) in [5.74, 6) is 0.308. The monoisotopic (exact) mass is 451 g/mol. The van der Waals surface area contributed by atoms with Crippen molar-refractivity contribution in [3.8, 4) is 11.5 Å². The maximum Gasteiger partial charge on any atom is 0.416 e. The van der Waals surface area contributed by atoms with E-state index in [0.29, 0.717) is 23.5 Å². The summed E-state index contributed by atoms with van der Waals surface area (Å²) in [6, 6.07) is 9.60. The molecule has 0 spiro atoms. The number of halogens is 3. The zero-order chi connectivity index (χ0) is 23.3. The van der Waals surface area contributed by atoms with E-state index in [4.69, 9.17) is 19.3 Å². The standard InChI is InChI=1S/C23H24F3NO5/c1-3-4-16-11-18(9-10-19(16)31-13-21(28)29)30-12-20-14(2)27-22(32-20)15-5-7-17(8-6-15)23(24,25)26/h5-11,14,20H,3-4,12-13H2,1-2H3,(H,28,29). The van der Waals surface area contributed by atoms with Crippen molar-refractivity contribution in [3.05, 3.63) is 59.2 Å². The summed E-state index contributed by atoms with van der Waals surface area (Å²) in [5.41, 5.74) is 0.581. The molecule has 0 radical (unpaired) electrons. The molecule has 2 aromatic carbocycles. The highest BCUT2D eigenvalue weighted by Crippen LogP contribution is 2.30. The van der Waals surface area contributed by atoms with Crippen LogP contribution in [0.1, 0.15) is 37.0 Å². The highest BCUT2D eigenvalue weighted by Gasteiger charge is 2.32. The number of benzene rings is 2. The topological polar surface area (TPSA) is 77.3 Å². The largest absolute Gasteiger partial charge is 0.490 e. The number of hydrogen-bond donors (Lipinski definition) is 1. The molecule has 0 amide bonds. The Morgan fingerprint density at radius 1 is 1.16 bits per heavy atom. The van der Waals surface area contributed by atoms with Crippen molar-refractivity contribution in [3.63, 3.8) is 0 Å². The van der Waals surface area contributed by atoms with Gasteiger partial charge in [-0.15, -0.1) is 0 Å². The highest BCUT2D eigenvalue weighted by atomic mass is 19.4. The Hall–Kier alpha value is -3.23.